The lowest BCUT2D eigenvalue weighted by molar-refractivity contribution is -0.142. The van der Waals surface area contributed by atoms with Crippen LogP contribution in [0, 0.1) is 12.3 Å². The molecule has 4 atom stereocenters. The minimum atomic E-state index is -1.07. The van der Waals surface area contributed by atoms with Crippen LogP contribution < -0.4 is 10.2 Å². The van der Waals surface area contributed by atoms with E-state index in [0.29, 0.717) is 25.6 Å². The summed E-state index contributed by atoms with van der Waals surface area (Å²) in [6.07, 6.45) is 5.57. The third-order valence-corrected chi connectivity index (χ3v) is 10.2. The Bertz CT molecular complexity index is 1900. The predicted molar refractivity (Wildman–Crippen MR) is 200 cm³/mol. The Hall–Kier alpha value is -5.74. The largest absolute Gasteiger partial charge is 0.448 e. The van der Waals surface area contributed by atoms with Gasteiger partial charge in [-0.25, -0.2) is 9.48 Å². The van der Waals surface area contributed by atoms with Crippen molar-refractivity contribution < 1.29 is 23.9 Å². The molecule has 53 heavy (non-hydrogen) atoms. The zero-order valence-corrected chi connectivity index (χ0v) is 30.6. The summed E-state index contributed by atoms with van der Waals surface area (Å²) in [7, 11) is 3.43. The molecule has 0 bridgehead atoms. The number of nitrogens with zero attached hydrogens (tertiary/aromatic N) is 7. The van der Waals surface area contributed by atoms with Crippen molar-refractivity contribution in [2.75, 3.05) is 38.8 Å². The van der Waals surface area contributed by atoms with Crippen molar-refractivity contribution in [2.24, 2.45) is 0 Å². The molecule has 1 fully saturated rings. The van der Waals surface area contributed by atoms with Crippen LogP contribution in [0.15, 0.2) is 78.9 Å². The molecule has 3 amide bonds. The van der Waals surface area contributed by atoms with Crippen molar-refractivity contribution in [1.29, 1.82) is 0 Å². The summed E-state index contributed by atoms with van der Waals surface area (Å²) in [5.41, 5.74) is 5.54. The number of benzene rings is 3. The van der Waals surface area contributed by atoms with E-state index in [1.807, 2.05) is 78.7 Å². The lowest BCUT2D eigenvalue weighted by atomic mass is 9.98. The van der Waals surface area contributed by atoms with E-state index in [2.05, 4.69) is 38.9 Å². The molecule has 276 valence electrons. The number of tetrazole rings is 1. The fourth-order valence-corrected chi connectivity index (χ4v) is 7.17. The first-order valence-electron chi connectivity index (χ1n) is 17.9. The molecule has 3 aromatic carbocycles. The molecule has 13 heteroatoms. The number of terminal acetylenes is 1. The SMILES string of the molecule is C#CCO[C@H](C)[C@H](NC(=O)[C@H](C)N(C)C(=O)OCC1c2ccccc2-c2ccccc21)C(=O)N1CCC[C@H]1Cn1nnnc1N(C)Cc1ccccc1. The van der Waals surface area contributed by atoms with Crippen LogP contribution in [0.5, 0.6) is 0 Å². The Kier molecular flexibility index (Phi) is 11.7. The third kappa shape index (κ3) is 8.18. The van der Waals surface area contributed by atoms with Crippen molar-refractivity contribution in [3.8, 4) is 23.5 Å². The smallest absolute Gasteiger partial charge is 0.410 e. The molecular formula is C40H46N8O5. The number of nitrogens with one attached hydrogen (secondary N) is 1. The summed E-state index contributed by atoms with van der Waals surface area (Å²) in [5.74, 6) is 2.05. The van der Waals surface area contributed by atoms with Crippen LogP contribution in [0.1, 0.15) is 49.3 Å². The van der Waals surface area contributed by atoms with Gasteiger partial charge in [0.05, 0.1) is 18.7 Å². The quantitative estimate of drug-likeness (QED) is 0.191. The molecule has 1 aromatic heterocycles. The average Bonchev–Trinajstić information content (AvgIpc) is 3.92. The molecule has 1 aliphatic carbocycles. The molecular weight excluding hydrogens is 672 g/mol. The molecule has 1 saturated heterocycles. The molecule has 0 radical (unpaired) electrons. The maximum absolute atomic E-state index is 14.3. The van der Waals surface area contributed by atoms with E-state index in [1.165, 1.54) is 11.9 Å². The van der Waals surface area contributed by atoms with Gasteiger partial charge in [-0.05, 0) is 64.9 Å². The van der Waals surface area contributed by atoms with Crippen LogP contribution in [-0.2, 0) is 32.2 Å². The Labute approximate surface area is 310 Å². The molecule has 4 aromatic rings. The molecule has 6 rings (SSSR count). The zero-order chi connectivity index (χ0) is 37.5. The Morgan fingerprint density at radius 3 is 2.32 bits per heavy atom. The second-order valence-corrected chi connectivity index (χ2v) is 13.6. The van der Waals surface area contributed by atoms with E-state index in [-0.39, 0.29) is 31.1 Å². The topological polar surface area (TPSA) is 135 Å². The number of amides is 3. The highest BCUT2D eigenvalue weighted by Gasteiger charge is 2.39. The summed E-state index contributed by atoms with van der Waals surface area (Å²) in [4.78, 5) is 46.3. The number of ether oxygens (including phenoxy) is 2. The van der Waals surface area contributed by atoms with Gasteiger partial charge < -0.3 is 24.6 Å². The highest BCUT2D eigenvalue weighted by molar-refractivity contribution is 5.91. The number of likely N-dealkylation sites (tertiary alicyclic amines) is 1. The Balaban J connectivity index is 1.10. The monoisotopic (exact) mass is 718 g/mol. The number of fused-ring (bicyclic) bond motifs is 3. The number of likely N-dealkylation sites (N-methyl/N-ethyl adjacent to an activating group) is 1. The number of hydrogen-bond acceptors (Lipinski definition) is 9. The first-order valence-corrected chi connectivity index (χ1v) is 17.9. The fourth-order valence-electron chi connectivity index (χ4n) is 7.17. The van der Waals surface area contributed by atoms with Crippen molar-refractivity contribution in [3.63, 3.8) is 0 Å². The van der Waals surface area contributed by atoms with Crippen LogP contribution in [0.4, 0.5) is 10.7 Å². The first kappa shape index (κ1) is 37.0. The Morgan fingerprint density at radius 1 is 0.981 bits per heavy atom. The molecule has 0 spiro atoms. The summed E-state index contributed by atoms with van der Waals surface area (Å²) in [6.45, 7) is 4.83. The summed E-state index contributed by atoms with van der Waals surface area (Å²) in [6, 6.07) is 23.9. The van der Waals surface area contributed by atoms with Gasteiger partial charge in [0, 0.05) is 33.1 Å². The normalized spacial score (nSPS) is 16.5. The second-order valence-electron chi connectivity index (χ2n) is 13.6. The van der Waals surface area contributed by atoms with E-state index >= 15 is 0 Å². The van der Waals surface area contributed by atoms with E-state index in [1.54, 1.807) is 23.4 Å². The number of aromatic nitrogens is 4. The van der Waals surface area contributed by atoms with Gasteiger partial charge in [-0.2, -0.15) is 0 Å². The number of carbonyl (C=O) groups is 3. The first-order chi connectivity index (χ1) is 25.7. The van der Waals surface area contributed by atoms with Gasteiger partial charge in [-0.1, -0.05) is 89.9 Å². The van der Waals surface area contributed by atoms with Gasteiger partial charge in [0.15, 0.2) is 0 Å². The van der Waals surface area contributed by atoms with Gasteiger partial charge >= 0.3 is 6.09 Å². The zero-order valence-electron chi connectivity index (χ0n) is 30.6. The standard InChI is InChI=1S/C40H46N8O5/c1-6-23-52-28(3)36(38(50)47-22-14-17-30(47)25-48-39(42-43-44-48)45(4)24-29-15-8-7-9-16-29)41-37(49)27(2)46(5)40(51)53-26-35-33-20-12-10-18-31(33)32-19-11-13-21-34(32)35/h1,7-13,15-16,18-21,27-28,30,35-36H,14,17,22-26H2,2-5H3,(H,41,49)/t27-,28+,30-,36-/m0/s1. The van der Waals surface area contributed by atoms with Crippen LogP contribution in [0.2, 0.25) is 0 Å². The fraction of sp³-hybridized carbons (Fsp3) is 0.400. The highest BCUT2D eigenvalue weighted by Crippen LogP contribution is 2.44. The maximum atomic E-state index is 14.3. The molecule has 2 aliphatic rings. The van der Waals surface area contributed by atoms with Crippen LogP contribution in [0.3, 0.4) is 0 Å². The molecule has 2 heterocycles. The van der Waals surface area contributed by atoms with Crippen LogP contribution in [0.25, 0.3) is 11.1 Å². The van der Waals surface area contributed by atoms with Gasteiger partial charge in [0.2, 0.25) is 17.8 Å². The van der Waals surface area contributed by atoms with Crippen LogP contribution in [-0.4, -0.2) is 106 Å². The maximum Gasteiger partial charge on any atom is 0.410 e. The molecule has 0 saturated carbocycles. The van der Waals surface area contributed by atoms with E-state index in [9.17, 15) is 14.4 Å². The van der Waals surface area contributed by atoms with Crippen molar-refractivity contribution in [2.45, 2.75) is 69.9 Å². The number of anilines is 1. The van der Waals surface area contributed by atoms with Crippen molar-refractivity contribution in [3.05, 3.63) is 95.6 Å². The average molecular weight is 719 g/mol. The van der Waals surface area contributed by atoms with Gasteiger partial charge in [-0.3, -0.25) is 14.5 Å². The molecule has 1 N–H and O–H groups in total. The lowest BCUT2D eigenvalue weighted by Gasteiger charge is -2.33. The highest BCUT2D eigenvalue weighted by atomic mass is 16.6. The number of rotatable bonds is 14. The van der Waals surface area contributed by atoms with Crippen LogP contribution >= 0.6 is 0 Å². The second kappa shape index (κ2) is 16.7. The van der Waals surface area contributed by atoms with Crippen molar-refractivity contribution in [1.82, 2.24) is 35.3 Å². The Morgan fingerprint density at radius 2 is 1.64 bits per heavy atom. The van der Waals surface area contributed by atoms with Gasteiger partial charge in [0.1, 0.15) is 25.3 Å². The summed E-state index contributed by atoms with van der Waals surface area (Å²) < 4.78 is 13.3. The molecule has 13 nitrogen and oxygen atoms in total. The predicted octanol–water partition coefficient (Wildman–Crippen LogP) is 4.09. The van der Waals surface area contributed by atoms with Gasteiger partial charge in [0.25, 0.3) is 0 Å². The molecule has 1 aliphatic heterocycles. The van der Waals surface area contributed by atoms with E-state index in [0.717, 1.165) is 40.7 Å². The van der Waals surface area contributed by atoms with Crippen molar-refractivity contribution >= 4 is 23.9 Å². The van der Waals surface area contributed by atoms with Gasteiger partial charge in [-0.15, -0.1) is 6.42 Å². The van der Waals surface area contributed by atoms with E-state index < -0.39 is 30.2 Å². The minimum absolute atomic E-state index is 0.0405. The summed E-state index contributed by atoms with van der Waals surface area (Å²) in [5, 5.41) is 15.3. The third-order valence-electron chi connectivity index (χ3n) is 10.2. The lowest BCUT2D eigenvalue weighted by Crippen LogP contribution is -2.58. The number of carbonyl (C=O) groups excluding carboxylic acids is 3. The molecule has 0 unspecified atom stereocenters. The number of hydrogen-bond donors (Lipinski definition) is 1. The summed E-state index contributed by atoms with van der Waals surface area (Å²) >= 11 is 0. The minimum Gasteiger partial charge on any atom is -0.448 e. The van der Waals surface area contributed by atoms with E-state index in [4.69, 9.17) is 15.9 Å².